The number of nitrogen functional groups attached to an aromatic ring is 1. The number of hydrogen-bond acceptors (Lipinski definition) is 3. The predicted molar refractivity (Wildman–Crippen MR) is 87.1 cm³/mol. The molecule has 2 aromatic carbocycles. The molecule has 0 aliphatic heterocycles. The first-order chi connectivity index (χ1) is 10.1. The minimum atomic E-state index is 0.472. The van der Waals surface area contributed by atoms with E-state index in [-0.39, 0.29) is 0 Å². The van der Waals surface area contributed by atoms with Gasteiger partial charge in [0.05, 0.1) is 5.69 Å². The average molecular weight is 285 g/mol. The van der Waals surface area contributed by atoms with E-state index in [9.17, 15) is 0 Å². The molecule has 0 unspecified atom stereocenters. The van der Waals surface area contributed by atoms with Gasteiger partial charge in [0.25, 0.3) is 0 Å². The second kappa shape index (κ2) is 7.02. The number of hydrogen-bond donors (Lipinski definition) is 1. The van der Waals surface area contributed by atoms with Gasteiger partial charge in [-0.1, -0.05) is 32.0 Å². The number of rotatable bonds is 6. The Kier molecular flexibility index (Phi) is 5.09. The van der Waals surface area contributed by atoms with E-state index in [1.165, 1.54) is 5.56 Å². The molecule has 0 saturated carbocycles. The van der Waals surface area contributed by atoms with Crippen molar-refractivity contribution >= 4 is 5.69 Å². The van der Waals surface area contributed by atoms with Crippen molar-refractivity contribution in [2.24, 2.45) is 0 Å². The molecule has 0 aromatic heterocycles. The first-order valence-corrected chi connectivity index (χ1v) is 7.28. The molecule has 0 spiro atoms. The number of aryl methyl sites for hydroxylation is 1. The fourth-order valence-electron chi connectivity index (χ4n) is 2.04. The molecular weight excluding hydrogens is 262 g/mol. The van der Waals surface area contributed by atoms with Crippen molar-refractivity contribution < 1.29 is 9.47 Å². The summed E-state index contributed by atoms with van der Waals surface area (Å²) in [6, 6.07) is 13.9. The summed E-state index contributed by atoms with van der Waals surface area (Å²) < 4.78 is 11.4. The van der Waals surface area contributed by atoms with Crippen molar-refractivity contribution in [3.63, 3.8) is 0 Å². The fraction of sp³-hybridized carbons (Fsp3) is 0.333. The molecule has 0 bridgehead atoms. The van der Waals surface area contributed by atoms with E-state index in [0.29, 0.717) is 24.8 Å². The number of benzene rings is 2. The summed E-state index contributed by atoms with van der Waals surface area (Å²) in [5.74, 6) is 2.09. The Hall–Kier alpha value is -2.16. The van der Waals surface area contributed by atoms with Crippen molar-refractivity contribution in [2.75, 3.05) is 18.9 Å². The van der Waals surface area contributed by atoms with Crippen LogP contribution in [-0.4, -0.2) is 13.2 Å². The molecular formula is C18H23NO2. The Balaban J connectivity index is 1.84. The van der Waals surface area contributed by atoms with E-state index in [0.717, 1.165) is 17.1 Å². The lowest BCUT2D eigenvalue weighted by atomic mass is 10.0. The molecule has 21 heavy (non-hydrogen) atoms. The molecule has 2 aromatic rings. The molecule has 0 radical (unpaired) electrons. The van der Waals surface area contributed by atoms with Crippen LogP contribution in [0.2, 0.25) is 0 Å². The summed E-state index contributed by atoms with van der Waals surface area (Å²) >= 11 is 0. The molecule has 0 atom stereocenters. The van der Waals surface area contributed by atoms with Gasteiger partial charge in [-0.15, -0.1) is 0 Å². The molecule has 0 aliphatic rings. The van der Waals surface area contributed by atoms with Crippen LogP contribution in [0, 0.1) is 6.92 Å². The van der Waals surface area contributed by atoms with Gasteiger partial charge in [-0.2, -0.15) is 0 Å². The quantitative estimate of drug-likeness (QED) is 0.640. The molecule has 2 N–H and O–H groups in total. The van der Waals surface area contributed by atoms with E-state index < -0.39 is 0 Å². The van der Waals surface area contributed by atoms with Crippen LogP contribution in [0.1, 0.15) is 30.9 Å². The maximum atomic E-state index is 5.87. The highest BCUT2D eigenvalue weighted by molar-refractivity contribution is 5.53. The van der Waals surface area contributed by atoms with Gasteiger partial charge in [0, 0.05) is 0 Å². The normalized spacial score (nSPS) is 10.7. The monoisotopic (exact) mass is 285 g/mol. The first-order valence-electron chi connectivity index (χ1n) is 7.28. The Bertz CT molecular complexity index is 594. The number of anilines is 1. The van der Waals surface area contributed by atoms with Crippen LogP contribution in [0.5, 0.6) is 11.5 Å². The summed E-state index contributed by atoms with van der Waals surface area (Å²) in [4.78, 5) is 0. The second-order valence-electron chi connectivity index (χ2n) is 5.47. The fourth-order valence-corrected chi connectivity index (χ4v) is 2.04. The molecule has 3 heteroatoms. The topological polar surface area (TPSA) is 44.5 Å². The molecule has 0 amide bonds. The Morgan fingerprint density at radius 1 is 1.00 bits per heavy atom. The number of nitrogens with two attached hydrogens (primary N) is 1. The molecule has 0 saturated heterocycles. The van der Waals surface area contributed by atoms with Crippen molar-refractivity contribution in [2.45, 2.75) is 26.7 Å². The van der Waals surface area contributed by atoms with Crippen LogP contribution in [-0.2, 0) is 0 Å². The maximum absolute atomic E-state index is 5.87. The van der Waals surface area contributed by atoms with Gasteiger partial charge in [-0.05, 0) is 48.2 Å². The highest BCUT2D eigenvalue weighted by atomic mass is 16.5. The third-order valence-electron chi connectivity index (χ3n) is 3.30. The molecule has 3 nitrogen and oxygen atoms in total. The molecule has 112 valence electrons. The number of ether oxygens (including phenoxy) is 2. The third kappa shape index (κ3) is 4.42. The van der Waals surface area contributed by atoms with Crippen LogP contribution in [0.25, 0.3) is 0 Å². The highest BCUT2D eigenvalue weighted by Gasteiger charge is 2.03. The molecule has 0 aliphatic carbocycles. The van der Waals surface area contributed by atoms with Gasteiger partial charge in [0.2, 0.25) is 0 Å². The summed E-state index contributed by atoms with van der Waals surface area (Å²) in [5, 5.41) is 0. The zero-order valence-electron chi connectivity index (χ0n) is 12.9. The summed E-state index contributed by atoms with van der Waals surface area (Å²) in [7, 11) is 0. The lowest BCUT2D eigenvalue weighted by molar-refractivity contribution is 0.217. The highest BCUT2D eigenvalue weighted by Crippen LogP contribution is 2.23. The zero-order chi connectivity index (χ0) is 15.2. The molecule has 0 heterocycles. The van der Waals surface area contributed by atoms with Crippen LogP contribution in [0.3, 0.4) is 0 Å². The lowest BCUT2D eigenvalue weighted by Crippen LogP contribution is -2.10. The summed E-state index contributed by atoms with van der Waals surface area (Å²) in [6.07, 6.45) is 0. The first kappa shape index (κ1) is 15.2. The van der Waals surface area contributed by atoms with Gasteiger partial charge < -0.3 is 15.2 Å². The second-order valence-corrected chi connectivity index (χ2v) is 5.47. The van der Waals surface area contributed by atoms with E-state index in [4.69, 9.17) is 15.2 Å². The van der Waals surface area contributed by atoms with Crippen LogP contribution in [0.15, 0.2) is 42.5 Å². The van der Waals surface area contributed by atoms with Crippen molar-refractivity contribution in [1.29, 1.82) is 0 Å². The summed E-state index contributed by atoms with van der Waals surface area (Å²) in [5.41, 5.74) is 8.93. The standard InChI is InChI=1S/C18H23NO2/c1-13(2)15-5-4-6-16(12-15)20-9-10-21-18-11-14(3)7-8-17(18)19/h4-8,11-13H,9-10,19H2,1-3H3. The minimum absolute atomic E-state index is 0.472. The molecule has 2 rings (SSSR count). The van der Waals surface area contributed by atoms with Crippen molar-refractivity contribution in [1.82, 2.24) is 0 Å². The third-order valence-corrected chi connectivity index (χ3v) is 3.30. The van der Waals surface area contributed by atoms with Crippen molar-refractivity contribution in [3.8, 4) is 11.5 Å². The van der Waals surface area contributed by atoms with E-state index in [1.807, 2.05) is 37.3 Å². The predicted octanol–water partition coefficient (Wildman–Crippen LogP) is 4.16. The van der Waals surface area contributed by atoms with Gasteiger partial charge >= 0.3 is 0 Å². The van der Waals surface area contributed by atoms with Crippen LogP contribution >= 0.6 is 0 Å². The van der Waals surface area contributed by atoms with Crippen LogP contribution in [0.4, 0.5) is 5.69 Å². The van der Waals surface area contributed by atoms with Crippen molar-refractivity contribution in [3.05, 3.63) is 53.6 Å². The Morgan fingerprint density at radius 2 is 1.76 bits per heavy atom. The lowest BCUT2D eigenvalue weighted by Gasteiger charge is -2.12. The van der Waals surface area contributed by atoms with Gasteiger partial charge in [0.1, 0.15) is 24.7 Å². The Labute approximate surface area is 126 Å². The average Bonchev–Trinajstić information content (AvgIpc) is 2.47. The Morgan fingerprint density at radius 3 is 2.52 bits per heavy atom. The van der Waals surface area contributed by atoms with Gasteiger partial charge in [0.15, 0.2) is 0 Å². The largest absolute Gasteiger partial charge is 0.490 e. The maximum Gasteiger partial charge on any atom is 0.142 e. The van der Waals surface area contributed by atoms with Crippen LogP contribution < -0.4 is 15.2 Å². The summed E-state index contributed by atoms with van der Waals surface area (Å²) in [6.45, 7) is 7.32. The van der Waals surface area contributed by atoms with Gasteiger partial charge in [-0.25, -0.2) is 0 Å². The smallest absolute Gasteiger partial charge is 0.142 e. The zero-order valence-corrected chi connectivity index (χ0v) is 12.9. The molecule has 0 fully saturated rings. The van der Waals surface area contributed by atoms with E-state index in [1.54, 1.807) is 0 Å². The minimum Gasteiger partial charge on any atom is -0.490 e. The van der Waals surface area contributed by atoms with E-state index >= 15 is 0 Å². The van der Waals surface area contributed by atoms with Gasteiger partial charge in [-0.3, -0.25) is 0 Å². The SMILES string of the molecule is Cc1ccc(N)c(OCCOc2cccc(C(C)C)c2)c1. The van der Waals surface area contributed by atoms with E-state index in [2.05, 4.69) is 26.0 Å².